The van der Waals surface area contributed by atoms with Crippen molar-refractivity contribution in [1.82, 2.24) is 4.90 Å². The van der Waals surface area contributed by atoms with Crippen molar-refractivity contribution in [1.29, 1.82) is 0 Å². The van der Waals surface area contributed by atoms with Crippen molar-refractivity contribution in [2.75, 3.05) is 18.0 Å². The van der Waals surface area contributed by atoms with Crippen LogP contribution in [-0.2, 0) is 9.59 Å². The molecule has 1 aromatic carbocycles. The summed E-state index contributed by atoms with van der Waals surface area (Å²) in [6, 6.07) is 5.07. The third kappa shape index (κ3) is 2.59. The first-order valence-electron chi connectivity index (χ1n) is 6.26. The molecule has 0 unspecified atom stereocenters. The van der Waals surface area contributed by atoms with Gasteiger partial charge in [0.25, 0.3) is 0 Å². The van der Waals surface area contributed by atoms with Gasteiger partial charge in [0.15, 0.2) is 0 Å². The van der Waals surface area contributed by atoms with Crippen LogP contribution < -0.4 is 4.90 Å². The Hall–Kier alpha value is -1.55. The van der Waals surface area contributed by atoms with E-state index >= 15 is 0 Å². The van der Waals surface area contributed by atoms with Gasteiger partial charge in [0, 0.05) is 30.7 Å². The first kappa shape index (κ1) is 13.9. The lowest BCUT2D eigenvalue weighted by atomic mass is 10.1. The maximum Gasteiger partial charge on any atom is 0.249 e. The number of halogens is 1. The fourth-order valence-corrected chi connectivity index (χ4v) is 2.58. The molecule has 1 aliphatic rings. The molecule has 0 saturated carbocycles. The average molecular weight is 281 g/mol. The lowest BCUT2D eigenvalue weighted by Gasteiger charge is -2.39. The van der Waals surface area contributed by atoms with E-state index in [0.717, 1.165) is 11.3 Å². The maximum absolute atomic E-state index is 12.4. The van der Waals surface area contributed by atoms with E-state index in [1.54, 1.807) is 28.9 Å². The topological polar surface area (TPSA) is 40.6 Å². The molecule has 2 rings (SSSR count). The highest BCUT2D eigenvalue weighted by atomic mass is 35.5. The van der Waals surface area contributed by atoms with Crippen molar-refractivity contribution in [3.8, 4) is 0 Å². The van der Waals surface area contributed by atoms with Gasteiger partial charge >= 0.3 is 0 Å². The molecule has 1 aliphatic heterocycles. The second-order valence-corrected chi connectivity index (χ2v) is 5.25. The first-order chi connectivity index (χ1) is 8.91. The Bertz CT molecular complexity index is 530. The van der Waals surface area contributed by atoms with E-state index in [-0.39, 0.29) is 11.8 Å². The summed E-state index contributed by atoms with van der Waals surface area (Å²) in [5, 5.41) is 0.607. The fourth-order valence-electron chi connectivity index (χ4n) is 2.41. The third-order valence-electron chi connectivity index (χ3n) is 3.52. The monoisotopic (exact) mass is 280 g/mol. The van der Waals surface area contributed by atoms with Crippen LogP contribution in [0.25, 0.3) is 0 Å². The van der Waals surface area contributed by atoms with E-state index in [9.17, 15) is 9.59 Å². The zero-order valence-electron chi connectivity index (χ0n) is 11.3. The van der Waals surface area contributed by atoms with Gasteiger partial charge in [-0.2, -0.15) is 0 Å². The summed E-state index contributed by atoms with van der Waals surface area (Å²) in [4.78, 5) is 27.2. The van der Waals surface area contributed by atoms with Crippen molar-refractivity contribution >= 4 is 29.1 Å². The van der Waals surface area contributed by atoms with E-state index in [1.165, 1.54) is 6.92 Å². The summed E-state index contributed by atoms with van der Waals surface area (Å²) in [6.45, 7) is 6.25. The highest BCUT2D eigenvalue weighted by molar-refractivity contribution is 6.31. The lowest BCUT2D eigenvalue weighted by Crippen LogP contribution is -2.57. The second kappa shape index (κ2) is 5.21. The third-order valence-corrected chi connectivity index (χ3v) is 3.76. The molecule has 1 saturated heterocycles. The molecule has 0 spiro atoms. The summed E-state index contributed by atoms with van der Waals surface area (Å²) in [7, 11) is 0. The fraction of sp³-hybridized carbons (Fsp3) is 0.429. The Morgan fingerprint density at radius 3 is 2.68 bits per heavy atom. The minimum atomic E-state index is -0.426. The Balaban J connectivity index is 2.30. The summed E-state index contributed by atoms with van der Waals surface area (Å²) >= 11 is 6.00. The number of hydrogen-bond donors (Lipinski definition) is 0. The highest BCUT2D eigenvalue weighted by Crippen LogP contribution is 2.27. The van der Waals surface area contributed by atoms with Gasteiger partial charge in [0.1, 0.15) is 6.04 Å². The van der Waals surface area contributed by atoms with E-state index in [2.05, 4.69) is 0 Å². The van der Waals surface area contributed by atoms with Crippen LogP contribution in [0.1, 0.15) is 19.4 Å². The van der Waals surface area contributed by atoms with Gasteiger partial charge in [-0.3, -0.25) is 9.59 Å². The van der Waals surface area contributed by atoms with Gasteiger partial charge in [-0.1, -0.05) is 17.7 Å². The SMILES string of the molecule is CC(=O)N1CCN(c2cc(Cl)ccc2C)C(=O)[C@H]1C. The predicted molar refractivity (Wildman–Crippen MR) is 75.4 cm³/mol. The molecule has 0 aromatic heterocycles. The van der Waals surface area contributed by atoms with Crippen LogP contribution in [0.3, 0.4) is 0 Å². The summed E-state index contributed by atoms with van der Waals surface area (Å²) in [6.07, 6.45) is 0. The zero-order valence-corrected chi connectivity index (χ0v) is 12.1. The van der Waals surface area contributed by atoms with Gasteiger partial charge in [-0.15, -0.1) is 0 Å². The molecule has 5 heteroatoms. The smallest absolute Gasteiger partial charge is 0.249 e. The molecule has 0 N–H and O–H groups in total. The van der Waals surface area contributed by atoms with Crippen LogP contribution in [0.15, 0.2) is 18.2 Å². The molecule has 1 heterocycles. The lowest BCUT2D eigenvalue weighted by molar-refractivity contribution is -0.139. The molecule has 1 aromatic rings. The van der Waals surface area contributed by atoms with Gasteiger partial charge in [-0.05, 0) is 31.5 Å². The van der Waals surface area contributed by atoms with Crippen molar-refractivity contribution in [3.05, 3.63) is 28.8 Å². The minimum absolute atomic E-state index is 0.0631. The molecule has 1 atom stereocenters. The van der Waals surface area contributed by atoms with Crippen molar-refractivity contribution in [2.45, 2.75) is 26.8 Å². The Kier molecular flexibility index (Phi) is 3.80. The Morgan fingerprint density at radius 2 is 2.05 bits per heavy atom. The van der Waals surface area contributed by atoms with Crippen LogP contribution in [0.2, 0.25) is 5.02 Å². The number of amides is 2. The number of rotatable bonds is 1. The van der Waals surface area contributed by atoms with Crippen LogP contribution in [0.5, 0.6) is 0 Å². The summed E-state index contributed by atoms with van der Waals surface area (Å²) in [5.74, 6) is -0.130. The first-order valence-corrected chi connectivity index (χ1v) is 6.64. The number of hydrogen-bond acceptors (Lipinski definition) is 2. The number of nitrogens with zero attached hydrogens (tertiary/aromatic N) is 2. The quantitative estimate of drug-likeness (QED) is 0.791. The number of anilines is 1. The number of aryl methyl sites for hydroxylation is 1. The Labute approximate surface area is 117 Å². The molecular weight excluding hydrogens is 264 g/mol. The van der Waals surface area contributed by atoms with Gasteiger partial charge in [0.05, 0.1) is 0 Å². The van der Waals surface area contributed by atoms with E-state index < -0.39 is 6.04 Å². The van der Waals surface area contributed by atoms with Crippen LogP contribution in [-0.4, -0.2) is 35.8 Å². The second-order valence-electron chi connectivity index (χ2n) is 4.81. The summed E-state index contributed by atoms with van der Waals surface area (Å²) < 4.78 is 0. The van der Waals surface area contributed by atoms with Crippen LogP contribution >= 0.6 is 11.6 Å². The molecular formula is C14H17ClN2O2. The molecule has 102 valence electrons. The van der Waals surface area contributed by atoms with Crippen molar-refractivity contribution in [2.24, 2.45) is 0 Å². The van der Waals surface area contributed by atoms with Crippen molar-refractivity contribution in [3.63, 3.8) is 0 Å². The van der Waals surface area contributed by atoms with Crippen LogP contribution in [0, 0.1) is 6.92 Å². The van der Waals surface area contributed by atoms with Crippen LogP contribution in [0.4, 0.5) is 5.69 Å². The summed E-state index contributed by atoms with van der Waals surface area (Å²) in [5.41, 5.74) is 1.83. The molecule has 0 radical (unpaired) electrons. The molecule has 0 aliphatic carbocycles. The standard InChI is InChI=1S/C14H17ClN2O2/c1-9-4-5-12(15)8-13(9)17-7-6-16(11(3)18)10(2)14(17)19/h4-5,8,10H,6-7H2,1-3H3/t10-/m1/s1. The molecule has 19 heavy (non-hydrogen) atoms. The number of benzene rings is 1. The van der Waals surface area contributed by atoms with E-state index in [1.807, 2.05) is 13.0 Å². The minimum Gasteiger partial charge on any atom is -0.329 e. The molecule has 0 bridgehead atoms. The molecule has 4 nitrogen and oxygen atoms in total. The van der Waals surface area contributed by atoms with E-state index in [0.29, 0.717) is 18.1 Å². The molecule has 1 fully saturated rings. The Morgan fingerprint density at radius 1 is 1.37 bits per heavy atom. The predicted octanol–water partition coefficient (Wildman–Crippen LogP) is 2.23. The largest absolute Gasteiger partial charge is 0.329 e. The zero-order chi connectivity index (χ0) is 14.2. The molecule has 2 amide bonds. The maximum atomic E-state index is 12.4. The van der Waals surface area contributed by atoms with Gasteiger partial charge in [0.2, 0.25) is 11.8 Å². The number of piperazine rings is 1. The van der Waals surface area contributed by atoms with Gasteiger partial charge < -0.3 is 9.80 Å². The normalized spacial score (nSPS) is 19.8. The van der Waals surface area contributed by atoms with Gasteiger partial charge in [-0.25, -0.2) is 0 Å². The van der Waals surface area contributed by atoms with Crippen molar-refractivity contribution < 1.29 is 9.59 Å². The number of carbonyl (C=O) groups is 2. The number of carbonyl (C=O) groups excluding carboxylic acids is 2. The van der Waals surface area contributed by atoms with E-state index in [4.69, 9.17) is 11.6 Å². The average Bonchev–Trinajstić information content (AvgIpc) is 2.35. The highest BCUT2D eigenvalue weighted by Gasteiger charge is 2.34.